The maximum Gasteiger partial charge on any atom is 0.253 e. The van der Waals surface area contributed by atoms with E-state index in [0.29, 0.717) is 5.37 Å². The fourth-order valence-electron chi connectivity index (χ4n) is 1.19. The van der Waals surface area contributed by atoms with E-state index < -0.39 is 0 Å². The second-order valence-electron chi connectivity index (χ2n) is 2.25. The molecule has 1 atom stereocenters. The molecule has 0 unspecified atom stereocenters. The molecule has 0 bridgehead atoms. The smallest absolute Gasteiger partial charge is 0.253 e. The third-order valence-electron chi connectivity index (χ3n) is 1.72. The van der Waals surface area contributed by atoms with E-state index in [4.69, 9.17) is 0 Å². The molecule has 0 spiro atoms. The Labute approximate surface area is 57.9 Å². The minimum absolute atomic E-state index is 0.157. The molecule has 48 valence electrons. The number of nitrogens with zero attached hydrogens (tertiary/aromatic N) is 1. The van der Waals surface area contributed by atoms with Gasteiger partial charge in [-0.2, -0.15) is 0 Å². The van der Waals surface area contributed by atoms with Crippen molar-refractivity contribution in [3.05, 3.63) is 12.2 Å². The summed E-state index contributed by atoms with van der Waals surface area (Å²) in [5, 5.41) is 0.345. The summed E-state index contributed by atoms with van der Waals surface area (Å²) in [5.74, 6) is 1.24. The van der Waals surface area contributed by atoms with Crippen LogP contribution in [0.5, 0.6) is 0 Å². The van der Waals surface area contributed by atoms with E-state index in [-0.39, 0.29) is 5.91 Å². The van der Waals surface area contributed by atoms with E-state index in [2.05, 4.69) is 6.58 Å². The van der Waals surface area contributed by atoms with Gasteiger partial charge in [-0.1, -0.05) is 6.58 Å². The molecule has 2 rings (SSSR count). The van der Waals surface area contributed by atoms with Crippen LogP contribution < -0.4 is 0 Å². The normalized spacial score (nSPS) is 32.4. The second-order valence-corrected chi connectivity index (χ2v) is 3.44. The van der Waals surface area contributed by atoms with E-state index in [1.807, 2.05) is 16.7 Å². The van der Waals surface area contributed by atoms with Gasteiger partial charge in [-0.25, -0.2) is 0 Å². The molecule has 9 heavy (non-hydrogen) atoms. The number of hydrogen-bond acceptors (Lipinski definition) is 2. The van der Waals surface area contributed by atoms with Crippen LogP contribution in [0.2, 0.25) is 0 Å². The highest BCUT2D eigenvalue weighted by atomic mass is 32.2. The zero-order valence-electron chi connectivity index (χ0n) is 4.96. The Kier molecular flexibility index (Phi) is 0.913. The number of amides is 1. The van der Waals surface area contributed by atoms with Gasteiger partial charge in [0.2, 0.25) is 0 Å². The van der Waals surface area contributed by atoms with Crippen molar-refractivity contribution in [2.45, 2.75) is 5.37 Å². The van der Waals surface area contributed by atoms with E-state index in [1.165, 1.54) is 0 Å². The number of carbonyl (C=O) groups is 1. The molecule has 2 nitrogen and oxygen atoms in total. The van der Waals surface area contributed by atoms with Gasteiger partial charge in [-0.3, -0.25) is 4.79 Å². The van der Waals surface area contributed by atoms with Gasteiger partial charge >= 0.3 is 0 Å². The first-order chi connectivity index (χ1) is 4.30. The topological polar surface area (TPSA) is 20.3 Å². The lowest BCUT2D eigenvalue weighted by atomic mass is 10.1. The van der Waals surface area contributed by atoms with Crippen molar-refractivity contribution in [2.75, 3.05) is 12.3 Å². The highest BCUT2D eigenvalue weighted by Gasteiger charge is 2.43. The van der Waals surface area contributed by atoms with Crippen molar-refractivity contribution in [3.63, 3.8) is 0 Å². The lowest BCUT2D eigenvalue weighted by Crippen LogP contribution is -2.49. The summed E-state index contributed by atoms with van der Waals surface area (Å²) in [6.07, 6.45) is 0. The van der Waals surface area contributed by atoms with Gasteiger partial charge in [-0.05, 0) is 0 Å². The van der Waals surface area contributed by atoms with Gasteiger partial charge in [0, 0.05) is 17.9 Å². The monoisotopic (exact) mass is 141 g/mol. The summed E-state index contributed by atoms with van der Waals surface area (Å²) in [6, 6.07) is 0. The van der Waals surface area contributed by atoms with E-state index in [1.54, 1.807) is 0 Å². The number of carbonyl (C=O) groups excluding carboxylic acids is 1. The Balaban J connectivity index is 2.23. The number of thioether (sulfide) groups is 1. The predicted octanol–water partition coefficient (Wildman–Crippen LogP) is 0.458. The van der Waals surface area contributed by atoms with E-state index in [9.17, 15) is 4.79 Å². The van der Waals surface area contributed by atoms with Crippen LogP contribution >= 0.6 is 11.8 Å². The molecule has 0 aromatic rings. The number of β-lactam (4-membered cyclic amide) rings is 1. The van der Waals surface area contributed by atoms with E-state index >= 15 is 0 Å². The maximum atomic E-state index is 10.9. The van der Waals surface area contributed by atoms with Gasteiger partial charge in [0.05, 0.1) is 0 Å². The lowest BCUT2D eigenvalue weighted by molar-refractivity contribution is -0.132. The number of hydrogen-bond donors (Lipinski definition) is 0. The Morgan fingerprint density at radius 3 is 3.22 bits per heavy atom. The zero-order chi connectivity index (χ0) is 6.43. The summed E-state index contributed by atoms with van der Waals surface area (Å²) in [7, 11) is 0. The average Bonchev–Trinajstić information content (AvgIpc) is 2.30. The molecular weight excluding hydrogens is 134 g/mol. The van der Waals surface area contributed by atoms with Crippen molar-refractivity contribution < 1.29 is 4.79 Å². The van der Waals surface area contributed by atoms with Crippen LogP contribution in [0, 0.1) is 0 Å². The first kappa shape index (κ1) is 5.35. The molecule has 0 aromatic heterocycles. The van der Waals surface area contributed by atoms with Crippen molar-refractivity contribution in [2.24, 2.45) is 0 Å². The third-order valence-corrected chi connectivity index (χ3v) is 3.00. The first-order valence-corrected chi connectivity index (χ1v) is 3.97. The van der Waals surface area contributed by atoms with Crippen molar-refractivity contribution in [1.82, 2.24) is 4.90 Å². The van der Waals surface area contributed by atoms with Gasteiger partial charge in [-0.15, -0.1) is 11.8 Å². The minimum atomic E-state index is 0.157. The molecule has 3 heteroatoms. The second kappa shape index (κ2) is 1.53. The Bertz CT molecular complexity index is 169. The van der Waals surface area contributed by atoms with Gasteiger partial charge in [0.25, 0.3) is 5.91 Å². The van der Waals surface area contributed by atoms with Crippen LogP contribution in [0.3, 0.4) is 0 Å². The van der Waals surface area contributed by atoms with E-state index in [0.717, 1.165) is 17.9 Å². The number of rotatable bonds is 0. The third kappa shape index (κ3) is 0.503. The van der Waals surface area contributed by atoms with Crippen LogP contribution in [0.25, 0.3) is 0 Å². The van der Waals surface area contributed by atoms with Gasteiger partial charge in [0.15, 0.2) is 0 Å². The van der Waals surface area contributed by atoms with Crippen molar-refractivity contribution in [1.29, 1.82) is 0 Å². The molecule has 0 radical (unpaired) electrons. The molecule has 1 amide bonds. The Hall–Kier alpha value is -0.440. The van der Waals surface area contributed by atoms with Crippen LogP contribution in [-0.4, -0.2) is 28.5 Å². The molecule has 0 N–H and O–H groups in total. The Morgan fingerprint density at radius 2 is 2.56 bits per heavy atom. The molecule has 0 saturated carbocycles. The minimum Gasteiger partial charge on any atom is -0.322 e. The summed E-state index contributed by atoms with van der Waals surface area (Å²) < 4.78 is 0. The fraction of sp³-hybridized carbons (Fsp3) is 0.500. The molecule has 0 aliphatic carbocycles. The average molecular weight is 141 g/mol. The fourth-order valence-corrected chi connectivity index (χ4v) is 2.40. The molecule has 2 aliphatic heterocycles. The summed E-state index contributed by atoms with van der Waals surface area (Å²) in [5.41, 5.74) is 0.789. The zero-order valence-corrected chi connectivity index (χ0v) is 5.78. The summed E-state index contributed by atoms with van der Waals surface area (Å²) >= 11 is 1.81. The van der Waals surface area contributed by atoms with Crippen LogP contribution in [-0.2, 0) is 4.79 Å². The molecule has 2 heterocycles. The van der Waals surface area contributed by atoms with Gasteiger partial charge < -0.3 is 4.90 Å². The van der Waals surface area contributed by atoms with Crippen molar-refractivity contribution in [3.8, 4) is 0 Å². The summed E-state index contributed by atoms with van der Waals surface area (Å²) in [4.78, 5) is 12.7. The highest BCUT2D eigenvalue weighted by Crippen LogP contribution is 2.38. The number of fused-ring (bicyclic) bond motifs is 1. The molecule has 2 saturated heterocycles. The molecule has 0 aromatic carbocycles. The summed E-state index contributed by atoms with van der Waals surface area (Å²) in [6.45, 7) is 4.60. The molecule has 2 aliphatic rings. The van der Waals surface area contributed by atoms with Crippen LogP contribution in [0.1, 0.15) is 0 Å². The van der Waals surface area contributed by atoms with Crippen LogP contribution in [0.4, 0.5) is 0 Å². The predicted molar refractivity (Wildman–Crippen MR) is 37.1 cm³/mol. The largest absolute Gasteiger partial charge is 0.322 e. The molecule has 2 fully saturated rings. The van der Waals surface area contributed by atoms with Gasteiger partial charge in [0.1, 0.15) is 5.37 Å². The Morgan fingerprint density at radius 1 is 1.78 bits per heavy atom. The van der Waals surface area contributed by atoms with Crippen LogP contribution in [0.15, 0.2) is 12.2 Å². The standard InChI is InChI=1S/C6H7NOS/c1-4-5(8)7-2-3-9-6(4)7/h6H,1-3H2/t6-/m0/s1. The quantitative estimate of drug-likeness (QED) is 0.361. The SMILES string of the molecule is C=C1C(=O)N2CCS[C@@H]12. The molecular formula is C6H7NOS. The van der Waals surface area contributed by atoms with Crippen molar-refractivity contribution >= 4 is 17.7 Å². The highest BCUT2D eigenvalue weighted by molar-refractivity contribution is 8.00. The maximum absolute atomic E-state index is 10.9. The lowest BCUT2D eigenvalue weighted by Gasteiger charge is -2.35. The first-order valence-electron chi connectivity index (χ1n) is 2.92.